The van der Waals surface area contributed by atoms with E-state index >= 15 is 0 Å². The molecule has 0 aliphatic carbocycles. The molecule has 0 bridgehead atoms. The van der Waals surface area contributed by atoms with Crippen molar-refractivity contribution in [1.29, 1.82) is 0 Å². The van der Waals surface area contributed by atoms with E-state index in [9.17, 15) is 9.59 Å². The monoisotopic (exact) mass is 359 g/mol. The number of pyridine rings is 1. The van der Waals surface area contributed by atoms with Gasteiger partial charge in [-0.3, -0.25) is 9.59 Å². The molecule has 1 aromatic heterocycles. The van der Waals surface area contributed by atoms with Gasteiger partial charge in [-0.05, 0) is 13.0 Å². The summed E-state index contributed by atoms with van der Waals surface area (Å²) in [5.41, 5.74) is 1.61. The molecule has 2 heterocycles. The third-order valence-corrected chi connectivity index (χ3v) is 4.72. The maximum absolute atomic E-state index is 12.9. The third kappa shape index (κ3) is 2.69. The number of esters is 1. The number of hydrogen-bond acceptors (Lipinski definition) is 6. The standard InChI is InChI=1S/C19H21NO6/c1-10-8-14-16(19(22)20(10)2)12(9-15(21)26-14)11-6-7-13(23-3)18(25-5)17(11)24-4/h6-8,12H,9H2,1-5H3/t12-/m0/s1. The fourth-order valence-corrected chi connectivity index (χ4v) is 3.31. The van der Waals surface area contributed by atoms with Gasteiger partial charge in [0.2, 0.25) is 5.75 Å². The SMILES string of the molecule is COc1ccc([C@@H]2CC(=O)Oc3cc(C)n(C)c(=O)c32)c(OC)c1OC. The molecule has 1 aliphatic heterocycles. The first-order valence-electron chi connectivity index (χ1n) is 8.13. The normalized spacial score (nSPS) is 15.9. The van der Waals surface area contributed by atoms with E-state index in [-0.39, 0.29) is 12.0 Å². The van der Waals surface area contributed by atoms with Crippen molar-refractivity contribution in [1.82, 2.24) is 4.57 Å². The first-order chi connectivity index (χ1) is 12.4. The van der Waals surface area contributed by atoms with E-state index in [0.717, 1.165) is 0 Å². The Morgan fingerprint density at radius 3 is 2.38 bits per heavy atom. The first-order valence-corrected chi connectivity index (χ1v) is 8.13. The van der Waals surface area contributed by atoms with Gasteiger partial charge < -0.3 is 23.5 Å². The van der Waals surface area contributed by atoms with Gasteiger partial charge in [-0.15, -0.1) is 0 Å². The summed E-state index contributed by atoms with van der Waals surface area (Å²) in [5, 5.41) is 0. The minimum absolute atomic E-state index is 0.0388. The fourth-order valence-electron chi connectivity index (χ4n) is 3.31. The van der Waals surface area contributed by atoms with Crippen LogP contribution in [0.1, 0.15) is 29.2 Å². The van der Waals surface area contributed by atoms with Crippen LogP contribution < -0.4 is 24.5 Å². The van der Waals surface area contributed by atoms with Crippen LogP contribution in [0.4, 0.5) is 0 Å². The number of methoxy groups -OCH3 is 3. The van der Waals surface area contributed by atoms with Gasteiger partial charge in [0, 0.05) is 30.3 Å². The largest absolute Gasteiger partial charge is 0.493 e. The highest BCUT2D eigenvalue weighted by atomic mass is 16.5. The molecule has 0 amide bonds. The summed E-state index contributed by atoms with van der Waals surface area (Å²) in [6.07, 6.45) is 0.0388. The summed E-state index contributed by atoms with van der Waals surface area (Å²) in [6, 6.07) is 5.22. The van der Waals surface area contributed by atoms with Crippen molar-refractivity contribution in [2.75, 3.05) is 21.3 Å². The quantitative estimate of drug-likeness (QED) is 0.779. The molecule has 7 nitrogen and oxygen atoms in total. The Hall–Kier alpha value is -2.96. The number of aryl methyl sites for hydroxylation is 1. The average molecular weight is 359 g/mol. The van der Waals surface area contributed by atoms with Crippen LogP contribution in [0.3, 0.4) is 0 Å². The predicted octanol–water partition coefficient (Wildman–Crippen LogP) is 2.16. The second kappa shape index (κ2) is 6.74. The number of fused-ring (bicyclic) bond motifs is 1. The number of nitrogens with zero attached hydrogens (tertiary/aromatic N) is 1. The van der Waals surface area contributed by atoms with Gasteiger partial charge in [-0.25, -0.2) is 0 Å². The number of aromatic nitrogens is 1. The number of benzene rings is 1. The molecule has 3 rings (SSSR count). The number of hydrogen-bond donors (Lipinski definition) is 0. The number of ether oxygens (including phenoxy) is 4. The summed E-state index contributed by atoms with van der Waals surface area (Å²) < 4.78 is 23.1. The molecular weight excluding hydrogens is 338 g/mol. The molecule has 0 spiro atoms. The van der Waals surface area contributed by atoms with Crippen LogP contribution in [0.15, 0.2) is 23.0 Å². The highest BCUT2D eigenvalue weighted by molar-refractivity contribution is 5.78. The second-order valence-corrected chi connectivity index (χ2v) is 6.08. The van der Waals surface area contributed by atoms with Crippen molar-refractivity contribution < 1.29 is 23.7 Å². The Balaban J connectivity index is 2.28. The highest BCUT2D eigenvalue weighted by Crippen LogP contribution is 2.47. The Kier molecular flexibility index (Phi) is 4.63. The number of rotatable bonds is 4. The lowest BCUT2D eigenvalue weighted by Crippen LogP contribution is -2.32. The van der Waals surface area contributed by atoms with Crippen LogP contribution in [0.25, 0.3) is 0 Å². The van der Waals surface area contributed by atoms with Gasteiger partial charge >= 0.3 is 5.97 Å². The van der Waals surface area contributed by atoms with Crippen molar-refractivity contribution in [3.63, 3.8) is 0 Å². The van der Waals surface area contributed by atoms with E-state index in [4.69, 9.17) is 18.9 Å². The van der Waals surface area contributed by atoms with E-state index in [1.807, 2.05) is 0 Å². The molecule has 1 aliphatic rings. The molecular formula is C19H21NO6. The molecule has 0 saturated heterocycles. The molecule has 26 heavy (non-hydrogen) atoms. The lowest BCUT2D eigenvalue weighted by molar-refractivity contribution is -0.135. The van der Waals surface area contributed by atoms with Gasteiger partial charge in [-0.2, -0.15) is 0 Å². The summed E-state index contributed by atoms with van der Waals surface area (Å²) >= 11 is 0. The molecule has 1 atom stereocenters. The molecule has 7 heteroatoms. The van der Waals surface area contributed by atoms with Gasteiger partial charge in [0.25, 0.3) is 5.56 Å². The van der Waals surface area contributed by atoms with E-state index in [2.05, 4.69) is 0 Å². The summed E-state index contributed by atoms with van der Waals surface area (Å²) in [6.45, 7) is 1.79. The summed E-state index contributed by atoms with van der Waals surface area (Å²) in [5.74, 6) is 0.747. The van der Waals surface area contributed by atoms with Crippen LogP contribution in [-0.4, -0.2) is 31.9 Å². The minimum Gasteiger partial charge on any atom is -0.493 e. The zero-order valence-corrected chi connectivity index (χ0v) is 15.4. The van der Waals surface area contributed by atoms with Crippen molar-refractivity contribution in [3.8, 4) is 23.0 Å². The van der Waals surface area contributed by atoms with E-state index in [1.54, 1.807) is 32.2 Å². The maximum atomic E-state index is 12.9. The Morgan fingerprint density at radius 1 is 1.08 bits per heavy atom. The molecule has 2 aromatic rings. The average Bonchev–Trinajstić information content (AvgIpc) is 2.63. The lowest BCUT2D eigenvalue weighted by Gasteiger charge is -2.27. The lowest BCUT2D eigenvalue weighted by atomic mass is 9.86. The van der Waals surface area contributed by atoms with E-state index in [1.165, 1.54) is 25.9 Å². The van der Waals surface area contributed by atoms with Crippen molar-refractivity contribution in [2.24, 2.45) is 7.05 Å². The van der Waals surface area contributed by atoms with Gasteiger partial charge in [0.05, 0.1) is 33.3 Å². The molecule has 0 saturated carbocycles. The summed E-state index contributed by atoms with van der Waals surface area (Å²) in [4.78, 5) is 25.0. The molecule has 0 unspecified atom stereocenters. The van der Waals surface area contributed by atoms with Crippen LogP contribution in [-0.2, 0) is 11.8 Å². The number of carbonyl (C=O) groups excluding carboxylic acids is 1. The van der Waals surface area contributed by atoms with E-state index < -0.39 is 11.9 Å². The number of carbonyl (C=O) groups is 1. The van der Waals surface area contributed by atoms with Crippen LogP contribution in [0.2, 0.25) is 0 Å². The highest BCUT2D eigenvalue weighted by Gasteiger charge is 2.35. The maximum Gasteiger partial charge on any atom is 0.312 e. The topological polar surface area (TPSA) is 76.0 Å². The first kappa shape index (κ1) is 17.8. The smallest absolute Gasteiger partial charge is 0.312 e. The Bertz CT molecular complexity index is 931. The molecule has 0 fully saturated rings. The fraction of sp³-hybridized carbons (Fsp3) is 0.368. The van der Waals surface area contributed by atoms with Crippen molar-refractivity contribution in [3.05, 3.63) is 45.4 Å². The van der Waals surface area contributed by atoms with Gasteiger partial charge in [-0.1, -0.05) is 6.07 Å². The van der Waals surface area contributed by atoms with Crippen molar-refractivity contribution >= 4 is 5.97 Å². The van der Waals surface area contributed by atoms with Gasteiger partial charge in [0.1, 0.15) is 5.75 Å². The van der Waals surface area contributed by atoms with Crippen molar-refractivity contribution in [2.45, 2.75) is 19.3 Å². The molecule has 0 N–H and O–H groups in total. The molecule has 0 radical (unpaired) electrons. The second-order valence-electron chi connectivity index (χ2n) is 6.08. The molecule has 1 aromatic carbocycles. The third-order valence-electron chi connectivity index (χ3n) is 4.72. The van der Waals surface area contributed by atoms with E-state index in [0.29, 0.717) is 39.8 Å². The summed E-state index contributed by atoms with van der Waals surface area (Å²) in [7, 11) is 6.24. The van der Waals surface area contributed by atoms with Crippen LogP contribution in [0, 0.1) is 6.92 Å². The van der Waals surface area contributed by atoms with Crippen LogP contribution in [0.5, 0.6) is 23.0 Å². The predicted molar refractivity (Wildman–Crippen MR) is 94.6 cm³/mol. The zero-order chi connectivity index (χ0) is 19.0. The van der Waals surface area contributed by atoms with Gasteiger partial charge in [0.15, 0.2) is 11.5 Å². The Labute approximate surface area is 151 Å². The Morgan fingerprint density at radius 2 is 1.77 bits per heavy atom. The van der Waals surface area contributed by atoms with Crippen LogP contribution >= 0.6 is 0 Å². The minimum atomic E-state index is -0.500. The zero-order valence-electron chi connectivity index (χ0n) is 15.4. The molecule has 138 valence electrons.